The summed E-state index contributed by atoms with van der Waals surface area (Å²) in [6, 6.07) is 0. The Hall–Kier alpha value is -0.610. The Balaban J connectivity index is 3.12. The first kappa shape index (κ1) is 19.4. The van der Waals surface area contributed by atoms with Crippen LogP contribution in [0, 0.1) is 0 Å². The van der Waals surface area contributed by atoms with Crippen molar-refractivity contribution in [2.45, 2.75) is 77.0 Å². The first-order chi connectivity index (χ1) is 9.81. The molecular formula is C16H32O4. The first-order valence-corrected chi connectivity index (χ1v) is 8.18. The van der Waals surface area contributed by atoms with Gasteiger partial charge in [0.1, 0.15) is 0 Å². The number of carbonyl (C=O) groups is 1. The molecule has 0 saturated heterocycles. The van der Waals surface area contributed by atoms with E-state index in [2.05, 4.69) is 0 Å². The normalized spacial score (nSPS) is 10.7. The summed E-state index contributed by atoms with van der Waals surface area (Å²) in [6.45, 7) is 1.10. The van der Waals surface area contributed by atoms with E-state index >= 15 is 0 Å². The second kappa shape index (κ2) is 16.4. The molecule has 0 atom stereocenters. The molecule has 20 heavy (non-hydrogen) atoms. The minimum atomic E-state index is -0.0764. The fourth-order valence-electron chi connectivity index (χ4n) is 2.09. The molecule has 0 spiro atoms. The summed E-state index contributed by atoms with van der Waals surface area (Å²) >= 11 is 0. The number of ether oxygens (including phenoxy) is 1. The number of rotatable bonds is 15. The monoisotopic (exact) mass is 288 g/mol. The van der Waals surface area contributed by atoms with E-state index in [1.54, 1.807) is 0 Å². The molecule has 2 N–H and O–H groups in total. The average molecular weight is 288 g/mol. The second-order valence-corrected chi connectivity index (χ2v) is 5.31. The van der Waals surface area contributed by atoms with E-state index in [1.165, 1.54) is 0 Å². The molecule has 0 amide bonds. The van der Waals surface area contributed by atoms with Gasteiger partial charge in [-0.25, -0.2) is 0 Å². The third-order valence-electron chi connectivity index (χ3n) is 3.35. The van der Waals surface area contributed by atoms with Crippen molar-refractivity contribution in [2.24, 2.45) is 0 Å². The molecule has 0 aromatic heterocycles. The summed E-state index contributed by atoms with van der Waals surface area (Å²) in [6.07, 6.45) is 11.8. The van der Waals surface area contributed by atoms with Gasteiger partial charge in [-0.2, -0.15) is 0 Å². The first-order valence-electron chi connectivity index (χ1n) is 8.18. The number of aliphatic hydroxyl groups is 2. The SMILES string of the molecule is O=C(CCCCCCCO)OCCCCCCCCO. The third-order valence-corrected chi connectivity index (χ3v) is 3.35. The average Bonchev–Trinajstić information content (AvgIpc) is 2.45. The van der Waals surface area contributed by atoms with Gasteiger partial charge in [0.05, 0.1) is 6.61 Å². The summed E-state index contributed by atoms with van der Waals surface area (Å²) in [4.78, 5) is 11.4. The smallest absolute Gasteiger partial charge is 0.305 e. The van der Waals surface area contributed by atoms with Crippen molar-refractivity contribution in [3.05, 3.63) is 0 Å². The molecule has 0 radical (unpaired) electrons. The molecule has 120 valence electrons. The molecule has 0 fully saturated rings. The number of carbonyl (C=O) groups excluding carboxylic acids is 1. The van der Waals surface area contributed by atoms with Crippen LogP contribution in [0.3, 0.4) is 0 Å². The van der Waals surface area contributed by atoms with Gasteiger partial charge in [0, 0.05) is 19.6 Å². The lowest BCUT2D eigenvalue weighted by molar-refractivity contribution is -0.143. The largest absolute Gasteiger partial charge is 0.466 e. The van der Waals surface area contributed by atoms with Crippen LogP contribution < -0.4 is 0 Å². The van der Waals surface area contributed by atoms with Gasteiger partial charge in [-0.05, 0) is 25.7 Å². The zero-order valence-corrected chi connectivity index (χ0v) is 12.8. The molecule has 4 nitrogen and oxygen atoms in total. The van der Waals surface area contributed by atoms with Crippen LogP contribution in [-0.4, -0.2) is 36.0 Å². The highest BCUT2D eigenvalue weighted by Crippen LogP contribution is 2.07. The lowest BCUT2D eigenvalue weighted by atomic mass is 10.1. The molecule has 0 aromatic rings. The van der Waals surface area contributed by atoms with Crippen LogP contribution in [-0.2, 0) is 9.53 Å². The Morgan fingerprint density at radius 2 is 1.10 bits per heavy atom. The topological polar surface area (TPSA) is 66.8 Å². The summed E-state index contributed by atoms with van der Waals surface area (Å²) in [5, 5.41) is 17.3. The maximum Gasteiger partial charge on any atom is 0.305 e. The van der Waals surface area contributed by atoms with Crippen LogP contribution in [0.25, 0.3) is 0 Å². The molecule has 0 unspecified atom stereocenters. The van der Waals surface area contributed by atoms with Gasteiger partial charge >= 0.3 is 5.97 Å². The van der Waals surface area contributed by atoms with Gasteiger partial charge in [0.15, 0.2) is 0 Å². The summed E-state index contributed by atoms with van der Waals surface area (Å²) in [7, 11) is 0. The van der Waals surface area contributed by atoms with E-state index in [9.17, 15) is 4.79 Å². The van der Waals surface area contributed by atoms with E-state index < -0.39 is 0 Å². The summed E-state index contributed by atoms with van der Waals surface area (Å²) in [5.74, 6) is -0.0764. The van der Waals surface area contributed by atoms with Crippen molar-refractivity contribution in [1.29, 1.82) is 0 Å². The molecule has 0 saturated carbocycles. The highest BCUT2D eigenvalue weighted by atomic mass is 16.5. The molecule has 0 bridgehead atoms. The maximum absolute atomic E-state index is 11.4. The van der Waals surface area contributed by atoms with Crippen molar-refractivity contribution in [1.82, 2.24) is 0 Å². The second-order valence-electron chi connectivity index (χ2n) is 5.31. The molecule has 0 aliphatic carbocycles. The van der Waals surface area contributed by atoms with Gasteiger partial charge in [-0.1, -0.05) is 44.9 Å². The molecule has 0 heterocycles. The van der Waals surface area contributed by atoms with Gasteiger partial charge in [0.25, 0.3) is 0 Å². The molecule has 4 heteroatoms. The Morgan fingerprint density at radius 3 is 1.65 bits per heavy atom. The van der Waals surface area contributed by atoms with Crippen molar-refractivity contribution < 1.29 is 19.7 Å². The predicted octanol–water partition coefficient (Wildman–Crippen LogP) is 3.20. The van der Waals surface area contributed by atoms with Crippen molar-refractivity contribution in [2.75, 3.05) is 19.8 Å². The standard InChI is InChI=1S/C16H32O4/c17-13-9-5-1-2-7-11-15-20-16(19)12-8-4-3-6-10-14-18/h17-18H,1-15H2. The van der Waals surface area contributed by atoms with Gasteiger partial charge in [0.2, 0.25) is 0 Å². The predicted molar refractivity (Wildman–Crippen MR) is 80.5 cm³/mol. The number of esters is 1. The molecule has 0 aliphatic heterocycles. The van der Waals surface area contributed by atoms with Gasteiger partial charge < -0.3 is 14.9 Å². The minimum absolute atomic E-state index is 0.0764. The fourth-order valence-corrected chi connectivity index (χ4v) is 2.09. The van der Waals surface area contributed by atoms with E-state index in [0.29, 0.717) is 13.0 Å². The van der Waals surface area contributed by atoms with Crippen molar-refractivity contribution >= 4 is 5.97 Å². The Bertz CT molecular complexity index is 207. The van der Waals surface area contributed by atoms with Gasteiger partial charge in [-0.15, -0.1) is 0 Å². The van der Waals surface area contributed by atoms with Crippen LogP contribution in [0.15, 0.2) is 0 Å². The Morgan fingerprint density at radius 1 is 0.650 bits per heavy atom. The maximum atomic E-state index is 11.4. The van der Waals surface area contributed by atoms with E-state index in [0.717, 1.165) is 70.6 Å². The van der Waals surface area contributed by atoms with E-state index in [-0.39, 0.29) is 19.2 Å². The van der Waals surface area contributed by atoms with Crippen molar-refractivity contribution in [3.8, 4) is 0 Å². The van der Waals surface area contributed by atoms with Crippen LogP contribution in [0.5, 0.6) is 0 Å². The number of hydrogen-bond acceptors (Lipinski definition) is 4. The minimum Gasteiger partial charge on any atom is -0.466 e. The zero-order chi connectivity index (χ0) is 14.9. The molecule has 0 aliphatic rings. The quantitative estimate of drug-likeness (QED) is 0.359. The van der Waals surface area contributed by atoms with E-state index in [1.807, 2.05) is 0 Å². The zero-order valence-electron chi connectivity index (χ0n) is 12.8. The lowest BCUT2D eigenvalue weighted by Crippen LogP contribution is -2.05. The Labute approximate surface area is 123 Å². The van der Waals surface area contributed by atoms with Gasteiger partial charge in [-0.3, -0.25) is 4.79 Å². The van der Waals surface area contributed by atoms with Crippen molar-refractivity contribution in [3.63, 3.8) is 0 Å². The summed E-state index contributed by atoms with van der Waals surface area (Å²) in [5.41, 5.74) is 0. The van der Waals surface area contributed by atoms with Crippen LogP contribution >= 0.6 is 0 Å². The summed E-state index contributed by atoms with van der Waals surface area (Å²) < 4.78 is 5.18. The Kier molecular flexibility index (Phi) is 15.9. The lowest BCUT2D eigenvalue weighted by Gasteiger charge is -2.05. The molecule has 0 aromatic carbocycles. The van der Waals surface area contributed by atoms with Crippen LogP contribution in [0.2, 0.25) is 0 Å². The van der Waals surface area contributed by atoms with Crippen LogP contribution in [0.4, 0.5) is 0 Å². The molecular weight excluding hydrogens is 256 g/mol. The highest BCUT2D eigenvalue weighted by Gasteiger charge is 2.02. The van der Waals surface area contributed by atoms with E-state index in [4.69, 9.17) is 14.9 Å². The highest BCUT2D eigenvalue weighted by molar-refractivity contribution is 5.69. The number of hydrogen-bond donors (Lipinski definition) is 2. The number of aliphatic hydroxyl groups excluding tert-OH is 2. The third kappa shape index (κ3) is 15.4. The number of unbranched alkanes of at least 4 members (excludes halogenated alkanes) is 9. The fraction of sp³-hybridized carbons (Fsp3) is 0.938. The molecule has 0 rings (SSSR count). The van der Waals surface area contributed by atoms with Crippen LogP contribution in [0.1, 0.15) is 77.0 Å².